The van der Waals surface area contributed by atoms with Crippen LogP contribution in [0.5, 0.6) is 5.75 Å². The molecule has 2 aromatic rings. The number of hydrogen-bond acceptors (Lipinski definition) is 6. The predicted molar refractivity (Wildman–Crippen MR) is 108 cm³/mol. The second-order valence-electron chi connectivity index (χ2n) is 8.27. The van der Waals surface area contributed by atoms with Gasteiger partial charge in [0, 0.05) is 17.0 Å². The first-order chi connectivity index (χ1) is 13.7. The Hall–Kier alpha value is -2.83. The van der Waals surface area contributed by atoms with Crippen molar-refractivity contribution in [3.63, 3.8) is 0 Å². The zero-order chi connectivity index (χ0) is 21.2. The summed E-state index contributed by atoms with van der Waals surface area (Å²) in [4.78, 5) is 36.8. The number of carbonyl (C=O) groups is 2. The van der Waals surface area contributed by atoms with E-state index in [0.29, 0.717) is 18.4 Å². The minimum atomic E-state index is -0.836. The van der Waals surface area contributed by atoms with Gasteiger partial charge in [0.2, 0.25) is 0 Å². The molecular formula is C22H27NO6. The van der Waals surface area contributed by atoms with Crippen molar-refractivity contribution in [3.8, 4) is 5.75 Å². The maximum Gasteiger partial charge on any atom is 0.408 e. The molecule has 1 aromatic heterocycles. The summed E-state index contributed by atoms with van der Waals surface area (Å²) in [5.41, 5.74) is 1.16. The Bertz CT molecular complexity index is 985. The number of esters is 1. The molecule has 1 amide bonds. The van der Waals surface area contributed by atoms with E-state index < -0.39 is 23.7 Å². The van der Waals surface area contributed by atoms with Crippen molar-refractivity contribution in [3.05, 3.63) is 39.7 Å². The molecule has 1 aliphatic carbocycles. The molecule has 156 valence electrons. The van der Waals surface area contributed by atoms with Gasteiger partial charge >= 0.3 is 17.7 Å². The van der Waals surface area contributed by atoms with Gasteiger partial charge in [-0.2, -0.15) is 0 Å². The van der Waals surface area contributed by atoms with Crippen LogP contribution < -0.4 is 15.7 Å². The van der Waals surface area contributed by atoms with E-state index in [1.165, 1.54) is 0 Å². The Morgan fingerprint density at radius 1 is 1.21 bits per heavy atom. The van der Waals surface area contributed by atoms with E-state index >= 15 is 0 Å². The van der Waals surface area contributed by atoms with Gasteiger partial charge in [0.05, 0.1) is 0 Å². The number of aryl methyl sites for hydroxylation is 1. The molecule has 0 bridgehead atoms. The van der Waals surface area contributed by atoms with Crippen LogP contribution in [0.1, 0.15) is 58.1 Å². The third kappa shape index (κ3) is 4.96. The maximum atomic E-state index is 12.6. The van der Waals surface area contributed by atoms with Crippen LogP contribution in [0.2, 0.25) is 0 Å². The van der Waals surface area contributed by atoms with E-state index in [-0.39, 0.29) is 11.4 Å². The zero-order valence-electron chi connectivity index (χ0n) is 17.3. The number of amides is 1. The summed E-state index contributed by atoms with van der Waals surface area (Å²) in [6.45, 7) is 7.15. The largest absolute Gasteiger partial charge is 0.444 e. The maximum absolute atomic E-state index is 12.6. The second kappa shape index (κ2) is 8.27. The van der Waals surface area contributed by atoms with Crippen LogP contribution in [-0.2, 0) is 22.4 Å². The van der Waals surface area contributed by atoms with Gasteiger partial charge < -0.3 is 19.2 Å². The molecule has 1 atom stereocenters. The summed E-state index contributed by atoms with van der Waals surface area (Å²) in [7, 11) is 0. The van der Waals surface area contributed by atoms with Gasteiger partial charge in [-0.15, -0.1) is 0 Å². The summed E-state index contributed by atoms with van der Waals surface area (Å²) in [6.07, 6.45) is 2.93. The summed E-state index contributed by atoms with van der Waals surface area (Å²) in [5, 5.41) is 3.43. The third-order valence-electron chi connectivity index (χ3n) is 4.72. The van der Waals surface area contributed by atoms with E-state index in [1.807, 2.05) is 6.92 Å². The number of carbonyl (C=O) groups excluding carboxylic acids is 2. The van der Waals surface area contributed by atoms with Gasteiger partial charge in [-0.25, -0.2) is 14.4 Å². The molecule has 1 unspecified atom stereocenters. The molecule has 0 fully saturated rings. The number of rotatable bonds is 5. The van der Waals surface area contributed by atoms with Crippen LogP contribution in [0.15, 0.2) is 27.4 Å². The Labute approximate surface area is 169 Å². The number of benzene rings is 1. The minimum Gasteiger partial charge on any atom is -0.444 e. The Kier molecular flexibility index (Phi) is 5.96. The normalized spacial score (nSPS) is 14.3. The Morgan fingerprint density at radius 2 is 1.93 bits per heavy atom. The lowest BCUT2D eigenvalue weighted by molar-refractivity contribution is -0.137. The number of nitrogens with one attached hydrogen (secondary N) is 1. The summed E-state index contributed by atoms with van der Waals surface area (Å²) in [6, 6.07) is 4.19. The molecule has 29 heavy (non-hydrogen) atoms. The molecule has 0 radical (unpaired) electrons. The molecule has 7 heteroatoms. The first-order valence-electron chi connectivity index (χ1n) is 9.97. The highest BCUT2D eigenvalue weighted by atomic mass is 16.6. The fraction of sp³-hybridized carbons (Fsp3) is 0.500. The van der Waals surface area contributed by atoms with Crippen LogP contribution in [0.4, 0.5) is 4.79 Å². The van der Waals surface area contributed by atoms with E-state index in [2.05, 4.69) is 5.32 Å². The molecule has 1 aliphatic rings. The van der Waals surface area contributed by atoms with Crippen molar-refractivity contribution >= 4 is 23.0 Å². The summed E-state index contributed by atoms with van der Waals surface area (Å²) < 4.78 is 16.1. The SMILES string of the molecule is CCCC(NC(=O)OC(C)(C)C)C(=O)Oc1ccc2c3c(c(=O)oc2c1)CCC3. The topological polar surface area (TPSA) is 94.8 Å². The molecule has 3 rings (SSSR count). The van der Waals surface area contributed by atoms with E-state index in [1.54, 1.807) is 39.0 Å². The van der Waals surface area contributed by atoms with Crippen molar-refractivity contribution in [1.82, 2.24) is 5.32 Å². The highest BCUT2D eigenvalue weighted by Gasteiger charge is 2.26. The number of alkyl carbamates (subject to hydrolysis) is 1. The van der Waals surface area contributed by atoms with Gasteiger partial charge in [-0.3, -0.25) is 0 Å². The van der Waals surface area contributed by atoms with Crippen LogP contribution in [0, 0.1) is 0 Å². The molecule has 1 aromatic carbocycles. The van der Waals surface area contributed by atoms with Crippen molar-refractivity contribution < 1.29 is 23.5 Å². The molecular weight excluding hydrogens is 374 g/mol. The monoisotopic (exact) mass is 401 g/mol. The summed E-state index contributed by atoms with van der Waals surface area (Å²) in [5.74, 6) is -0.337. The number of ether oxygens (including phenoxy) is 2. The highest BCUT2D eigenvalue weighted by molar-refractivity contribution is 5.86. The predicted octanol–water partition coefficient (Wildman–Crippen LogP) is 3.88. The third-order valence-corrected chi connectivity index (χ3v) is 4.72. The Morgan fingerprint density at radius 3 is 2.62 bits per heavy atom. The molecule has 0 saturated carbocycles. The molecule has 0 aliphatic heterocycles. The average Bonchev–Trinajstić information content (AvgIpc) is 3.10. The van der Waals surface area contributed by atoms with Gasteiger partial charge in [0.25, 0.3) is 0 Å². The molecule has 7 nitrogen and oxygen atoms in total. The second-order valence-corrected chi connectivity index (χ2v) is 8.27. The van der Waals surface area contributed by atoms with Crippen molar-refractivity contribution in [2.75, 3.05) is 0 Å². The summed E-state index contributed by atoms with van der Waals surface area (Å²) >= 11 is 0. The van der Waals surface area contributed by atoms with Crippen LogP contribution >= 0.6 is 0 Å². The average molecular weight is 401 g/mol. The molecule has 1 N–H and O–H groups in total. The smallest absolute Gasteiger partial charge is 0.408 e. The lowest BCUT2D eigenvalue weighted by Gasteiger charge is -2.22. The fourth-order valence-corrected chi connectivity index (χ4v) is 3.50. The van der Waals surface area contributed by atoms with Gasteiger partial charge in [0.15, 0.2) is 0 Å². The Balaban J connectivity index is 1.77. The van der Waals surface area contributed by atoms with Crippen molar-refractivity contribution in [2.45, 2.75) is 71.4 Å². The number of fused-ring (bicyclic) bond motifs is 3. The molecule has 1 heterocycles. The van der Waals surface area contributed by atoms with Crippen molar-refractivity contribution in [2.24, 2.45) is 0 Å². The van der Waals surface area contributed by atoms with Crippen molar-refractivity contribution in [1.29, 1.82) is 0 Å². The lowest BCUT2D eigenvalue weighted by atomic mass is 10.1. The minimum absolute atomic E-state index is 0.260. The zero-order valence-corrected chi connectivity index (χ0v) is 17.3. The highest BCUT2D eigenvalue weighted by Crippen LogP contribution is 2.29. The molecule has 0 saturated heterocycles. The first-order valence-corrected chi connectivity index (χ1v) is 9.97. The van der Waals surface area contributed by atoms with Crippen LogP contribution in [0.3, 0.4) is 0 Å². The van der Waals surface area contributed by atoms with Gasteiger partial charge in [-0.05, 0) is 64.2 Å². The van der Waals surface area contributed by atoms with Gasteiger partial charge in [-0.1, -0.05) is 13.3 Å². The van der Waals surface area contributed by atoms with Crippen LogP contribution in [-0.4, -0.2) is 23.7 Å². The first kappa shape index (κ1) is 20.9. The van der Waals surface area contributed by atoms with Gasteiger partial charge in [0.1, 0.15) is 23.0 Å². The molecule has 0 spiro atoms. The van der Waals surface area contributed by atoms with E-state index in [9.17, 15) is 14.4 Å². The van der Waals surface area contributed by atoms with E-state index in [4.69, 9.17) is 13.9 Å². The van der Waals surface area contributed by atoms with E-state index in [0.717, 1.165) is 35.8 Å². The fourth-order valence-electron chi connectivity index (χ4n) is 3.50. The van der Waals surface area contributed by atoms with Crippen LogP contribution in [0.25, 0.3) is 11.0 Å². The lowest BCUT2D eigenvalue weighted by Crippen LogP contribution is -2.45. The number of hydrogen-bond donors (Lipinski definition) is 1. The quantitative estimate of drug-likeness (QED) is 0.464. The standard InChI is InChI=1S/C22H27NO6/c1-5-7-17(23-21(26)29-22(2,3)4)20(25)27-13-10-11-15-14-8-6-9-16(14)19(24)28-18(15)12-13/h10-12,17H,5-9H2,1-4H3,(H,23,26).